The molecule has 9 atom stereocenters. The van der Waals surface area contributed by atoms with Gasteiger partial charge in [-0.15, -0.1) is 0 Å². The molecular weight excluding hydrogens is 708 g/mol. The normalized spacial score (nSPS) is 34.2. The van der Waals surface area contributed by atoms with Crippen molar-refractivity contribution in [1.29, 1.82) is 0 Å². The first kappa shape index (κ1) is 36.7. The molecule has 5 heterocycles. The Kier molecular flexibility index (Phi) is 11.5. The van der Waals surface area contributed by atoms with Crippen LogP contribution in [-0.4, -0.2) is 126 Å². The van der Waals surface area contributed by atoms with Gasteiger partial charge in [0.2, 0.25) is 17.7 Å². The van der Waals surface area contributed by atoms with E-state index in [-0.39, 0.29) is 37.3 Å². The van der Waals surface area contributed by atoms with E-state index >= 15 is 4.79 Å². The average molecular weight is 758 g/mol. The lowest BCUT2D eigenvalue weighted by atomic mass is 9.74. The maximum atomic E-state index is 15.1. The number of hydrogen-bond acceptors (Lipinski definition) is 9. The number of cyclic esters (lactones) is 1. The van der Waals surface area contributed by atoms with Crippen molar-refractivity contribution < 1.29 is 38.5 Å². The minimum atomic E-state index is -1.46. The van der Waals surface area contributed by atoms with Gasteiger partial charge in [-0.05, 0) is 30.9 Å². The molecule has 2 N–H and O–H groups in total. The van der Waals surface area contributed by atoms with E-state index in [1.807, 2.05) is 56.3 Å². The van der Waals surface area contributed by atoms with Gasteiger partial charge in [-0.1, -0.05) is 78.7 Å². The summed E-state index contributed by atoms with van der Waals surface area (Å²) in [5.41, 5.74) is -0.764. The van der Waals surface area contributed by atoms with Gasteiger partial charge < -0.3 is 34.4 Å². The first-order valence-electron chi connectivity index (χ1n) is 17.9. The van der Waals surface area contributed by atoms with Gasteiger partial charge in [0.1, 0.15) is 29.8 Å². The van der Waals surface area contributed by atoms with Gasteiger partial charge in [-0.25, -0.2) is 0 Å². The van der Waals surface area contributed by atoms with E-state index in [2.05, 4.69) is 26.1 Å². The third-order valence-corrected chi connectivity index (χ3v) is 11.7. The third kappa shape index (κ3) is 6.91. The number of benzene rings is 1. The number of amides is 3. The Bertz CT molecular complexity index is 1480. The Balaban J connectivity index is 1.43. The van der Waals surface area contributed by atoms with Gasteiger partial charge in [-0.3, -0.25) is 24.1 Å². The molecular formula is C37H49BrN4O8. The highest BCUT2D eigenvalue weighted by Crippen LogP contribution is 2.59. The molecule has 1 spiro atoms. The van der Waals surface area contributed by atoms with E-state index in [0.717, 1.165) is 13.1 Å². The fourth-order valence-corrected chi connectivity index (χ4v) is 8.91. The molecule has 5 aliphatic rings. The topological polar surface area (TPSA) is 138 Å². The molecule has 3 amide bonds. The van der Waals surface area contributed by atoms with Crippen LogP contribution in [0.3, 0.4) is 0 Å². The molecule has 3 saturated heterocycles. The number of esters is 1. The Labute approximate surface area is 302 Å². The van der Waals surface area contributed by atoms with Crippen LogP contribution in [0.25, 0.3) is 0 Å². The number of carbonyl (C=O) groups is 4. The fourth-order valence-electron chi connectivity index (χ4n) is 8.17. The number of halogens is 1. The van der Waals surface area contributed by atoms with Gasteiger partial charge in [0, 0.05) is 43.6 Å². The number of ether oxygens (including phenoxy) is 3. The Morgan fingerprint density at radius 3 is 2.48 bits per heavy atom. The molecule has 13 heteroatoms. The van der Waals surface area contributed by atoms with Gasteiger partial charge in [-0.2, -0.15) is 0 Å². The first-order valence-corrected chi connectivity index (χ1v) is 18.7. The molecule has 272 valence electrons. The van der Waals surface area contributed by atoms with E-state index in [0.29, 0.717) is 49.2 Å². The number of likely N-dealkylation sites (tertiary alicyclic amines) is 1. The fraction of sp³-hybridized carbons (Fsp3) is 0.622. The van der Waals surface area contributed by atoms with Crippen LogP contribution in [0.4, 0.5) is 0 Å². The summed E-state index contributed by atoms with van der Waals surface area (Å²) >= 11 is 3.63. The standard InChI is InChI=1S/C37H49BrN4O8/c1-4-23(2)27(22-43)42-33-35(46)41(16-15-40-17-19-48-20-18-40)14-10-6-9-13-28(44)39-24(3)31(25-11-7-5-8-12-25)49-36(47)29-30(34(42)45)37(33)21-26(38)32(29)50-37/h5-8,10-12,21,23-24,27,29-33,43H,4,9,13-20,22H2,1-3H3,(H,39,44)/b10-6-/t23-,24-,27-,29+,30-,31+,32+,33+,37-/m0/s1. The number of hydrogen-bond donors (Lipinski definition) is 2. The number of allylic oxidation sites excluding steroid dienone is 1. The van der Waals surface area contributed by atoms with Crippen LogP contribution in [0.5, 0.6) is 0 Å². The van der Waals surface area contributed by atoms with Crippen molar-refractivity contribution in [3.63, 3.8) is 0 Å². The van der Waals surface area contributed by atoms with Crippen LogP contribution in [0.1, 0.15) is 51.7 Å². The van der Waals surface area contributed by atoms with Gasteiger partial charge >= 0.3 is 5.97 Å². The lowest BCUT2D eigenvalue weighted by molar-refractivity contribution is -0.162. The maximum absolute atomic E-state index is 15.1. The first-order chi connectivity index (χ1) is 24.1. The highest BCUT2D eigenvalue weighted by Gasteiger charge is 2.75. The number of morpholine rings is 1. The molecule has 1 aromatic carbocycles. The number of nitrogens with zero attached hydrogens (tertiary/aromatic N) is 3. The quantitative estimate of drug-likeness (QED) is 0.303. The van der Waals surface area contributed by atoms with E-state index in [9.17, 15) is 19.5 Å². The number of fused-ring (bicyclic) bond motifs is 2. The zero-order valence-corrected chi connectivity index (χ0v) is 30.6. The molecule has 0 saturated carbocycles. The van der Waals surface area contributed by atoms with Crippen molar-refractivity contribution in [3.05, 3.63) is 58.6 Å². The number of nitrogens with one attached hydrogen (secondary N) is 1. The van der Waals surface area contributed by atoms with Crippen molar-refractivity contribution in [2.45, 2.75) is 76.0 Å². The van der Waals surface area contributed by atoms with Crippen LogP contribution in [0.2, 0.25) is 0 Å². The van der Waals surface area contributed by atoms with Crippen molar-refractivity contribution in [1.82, 2.24) is 20.0 Å². The highest BCUT2D eigenvalue weighted by molar-refractivity contribution is 9.11. The summed E-state index contributed by atoms with van der Waals surface area (Å²) in [5.74, 6) is -3.83. The molecule has 6 rings (SSSR count). The molecule has 0 aromatic heterocycles. The lowest BCUT2D eigenvalue weighted by Gasteiger charge is -2.40. The minimum Gasteiger partial charge on any atom is -0.455 e. The lowest BCUT2D eigenvalue weighted by Crippen LogP contribution is -2.60. The zero-order valence-electron chi connectivity index (χ0n) is 29.0. The van der Waals surface area contributed by atoms with Crippen molar-refractivity contribution >= 4 is 39.6 Å². The Hall–Kier alpha value is -3.10. The van der Waals surface area contributed by atoms with E-state index < -0.39 is 59.6 Å². The number of rotatable bonds is 8. The van der Waals surface area contributed by atoms with Crippen LogP contribution in [-0.2, 0) is 33.4 Å². The van der Waals surface area contributed by atoms with Crippen LogP contribution < -0.4 is 5.32 Å². The predicted octanol–water partition coefficient (Wildman–Crippen LogP) is 2.57. The molecule has 5 bridgehead atoms. The average Bonchev–Trinajstić information content (AvgIpc) is 3.71. The zero-order chi connectivity index (χ0) is 35.6. The summed E-state index contributed by atoms with van der Waals surface area (Å²) in [6, 6.07) is 6.82. The SMILES string of the molecule is CC[C@H](C)[C@H](CO)N1C(=O)[C@@H]2[C@H]3C(=O)O[C@@H](c4ccccc4)[C@H](C)NC(=O)CC/C=C\CN(CCN4CCOCC4)C(=O)[C@@H]1[C@]21C=C(Br)[C@H]3O1. The van der Waals surface area contributed by atoms with Crippen molar-refractivity contribution in [2.75, 3.05) is 52.5 Å². The number of aliphatic hydroxyl groups excluding tert-OH is 1. The van der Waals surface area contributed by atoms with Crippen LogP contribution >= 0.6 is 15.9 Å². The van der Waals surface area contributed by atoms with E-state index in [1.54, 1.807) is 17.9 Å². The molecule has 5 aliphatic heterocycles. The molecule has 1 aromatic rings. The Morgan fingerprint density at radius 2 is 1.78 bits per heavy atom. The molecule has 0 unspecified atom stereocenters. The third-order valence-electron chi connectivity index (χ3n) is 11.1. The smallest absolute Gasteiger partial charge is 0.313 e. The monoisotopic (exact) mass is 756 g/mol. The van der Waals surface area contributed by atoms with Crippen molar-refractivity contribution in [3.8, 4) is 0 Å². The summed E-state index contributed by atoms with van der Waals surface area (Å²) < 4.78 is 19.1. The van der Waals surface area contributed by atoms with Crippen LogP contribution in [0.15, 0.2) is 53.0 Å². The molecule has 50 heavy (non-hydrogen) atoms. The molecule has 3 fully saturated rings. The molecule has 0 radical (unpaired) electrons. The van der Waals surface area contributed by atoms with E-state index in [1.165, 1.54) is 4.90 Å². The summed E-state index contributed by atoms with van der Waals surface area (Å²) in [6.45, 7) is 9.36. The largest absolute Gasteiger partial charge is 0.455 e. The van der Waals surface area contributed by atoms with Gasteiger partial charge in [0.25, 0.3) is 0 Å². The summed E-state index contributed by atoms with van der Waals surface area (Å²) in [5, 5.41) is 13.8. The Morgan fingerprint density at radius 1 is 1.04 bits per heavy atom. The number of aliphatic hydroxyl groups is 1. The molecule has 12 nitrogen and oxygen atoms in total. The van der Waals surface area contributed by atoms with Gasteiger partial charge in [0.15, 0.2) is 0 Å². The second kappa shape index (κ2) is 15.6. The highest BCUT2D eigenvalue weighted by atomic mass is 79.9. The second-order valence-electron chi connectivity index (χ2n) is 14.1. The predicted molar refractivity (Wildman–Crippen MR) is 188 cm³/mol. The van der Waals surface area contributed by atoms with Crippen molar-refractivity contribution in [2.24, 2.45) is 17.8 Å². The summed E-state index contributed by atoms with van der Waals surface area (Å²) in [4.78, 5) is 62.9. The van der Waals surface area contributed by atoms with E-state index in [4.69, 9.17) is 14.2 Å². The maximum Gasteiger partial charge on any atom is 0.313 e. The summed E-state index contributed by atoms with van der Waals surface area (Å²) in [7, 11) is 0. The van der Waals surface area contributed by atoms with Gasteiger partial charge in [0.05, 0.1) is 37.8 Å². The molecule has 0 aliphatic carbocycles. The number of carbonyl (C=O) groups excluding carboxylic acids is 4. The minimum absolute atomic E-state index is 0.143. The van der Waals surface area contributed by atoms with Crippen LogP contribution in [0, 0.1) is 17.8 Å². The summed E-state index contributed by atoms with van der Waals surface area (Å²) in [6.07, 6.45) is 5.22. The second-order valence-corrected chi connectivity index (χ2v) is 15.0.